The molecule has 1 unspecified atom stereocenters. The van der Waals surface area contributed by atoms with Crippen molar-refractivity contribution < 1.29 is 8.95 Å². The average molecular weight is 306 g/mol. The Kier molecular flexibility index (Phi) is 4.78. The third kappa shape index (κ3) is 3.19. The van der Waals surface area contributed by atoms with Crippen molar-refractivity contribution in [3.8, 4) is 11.8 Å². The first-order valence-corrected chi connectivity index (χ1v) is 7.55. The van der Waals surface area contributed by atoms with Crippen LogP contribution in [0.2, 0.25) is 5.02 Å². The van der Waals surface area contributed by atoms with Crippen molar-refractivity contribution in [2.24, 2.45) is 0 Å². The summed E-state index contributed by atoms with van der Waals surface area (Å²) in [5.41, 5.74) is 1.24. The summed E-state index contributed by atoms with van der Waals surface area (Å²) in [7, 11) is 0.255. The van der Waals surface area contributed by atoms with Gasteiger partial charge in [-0.1, -0.05) is 23.7 Å². The van der Waals surface area contributed by atoms with Crippen LogP contribution in [0.5, 0.6) is 5.75 Å². The Bertz CT molecular complexity index is 695. The van der Waals surface area contributed by atoms with Crippen LogP contribution in [0.25, 0.3) is 0 Å². The molecule has 0 fully saturated rings. The van der Waals surface area contributed by atoms with Gasteiger partial charge >= 0.3 is 0 Å². The van der Waals surface area contributed by atoms with Gasteiger partial charge in [0.25, 0.3) is 0 Å². The molecule has 0 amide bonds. The number of nitriles is 1. The largest absolute Gasteiger partial charge is 0.496 e. The quantitative estimate of drug-likeness (QED) is 0.868. The lowest BCUT2D eigenvalue weighted by atomic mass is 10.1. The summed E-state index contributed by atoms with van der Waals surface area (Å²) in [6.07, 6.45) is 0. The number of hydrogen-bond acceptors (Lipinski definition) is 3. The molecule has 2 rings (SSSR count). The number of rotatable bonds is 4. The van der Waals surface area contributed by atoms with Crippen molar-refractivity contribution in [2.75, 3.05) is 7.11 Å². The van der Waals surface area contributed by atoms with Gasteiger partial charge in [0.1, 0.15) is 5.75 Å². The highest BCUT2D eigenvalue weighted by atomic mass is 35.5. The Balaban J connectivity index is 2.32. The van der Waals surface area contributed by atoms with E-state index in [4.69, 9.17) is 21.6 Å². The summed E-state index contributed by atoms with van der Waals surface area (Å²) >= 11 is 6.04. The Morgan fingerprint density at radius 1 is 1.30 bits per heavy atom. The van der Waals surface area contributed by atoms with Crippen molar-refractivity contribution >= 4 is 22.4 Å². The van der Waals surface area contributed by atoms with Crippen LogP contribution in [0, 0.1) is 11.3 Å². The summed E-state index contributed by atoms with van der Waals surface area (Å²) in [6, 6.07) is 14.2. The molecular formula is C15H12ClNO2S. The van der Waals surface area contributed by atoms with Gasteiger partial charge in [-0.05, 0) is 30.3 Å². The van der Waals surface area contributed by atoms with Gasteiger partial charge in [-0.25, -0.2) is 0 Å². The Morgan fingerprint density at radius 3 is 2.70 bits per heavy atom. The number of benzene rings is 2. The lowest BCUT2D eigenvalue weighted by molar-refractivity contribution is 0.411. The van der Waals surface area contributed by atoms with E-state index in [2.05, 4.69) is 6.07 Å². The molecule has 102 valence electrons. The molecule has 0 saturated heterocycles. The molecule has 0 heterocycles. The van der Waals surface area contributed by atoms with E-state index < -0.39 is 10.8 Å². The van der Waals surface area contributed by atoms with Crippen LogP contribution in [-0.4, -0.2) is 11.3 Å². The predicted molar refractivity (Wildman–Crippen MR) is 79.3 cm³/mol. The second kappa shape index (κ2) is 6.56. The summed E-state index contributed by atoms with van der Waals surface area (Å²) in [6.45, 7) is 0. The van der Waals surface area contributed by atoms with Crippen LogP contribution < -0.4 is 4.74 Å². The van der Waals surface area contributed by atoms with E-state index in [1.807, 2.05) is 0 Å². The van der Waals surface area contributed by atoms with Gasteiger partial charge in [-0.2, -0.15) is 5.26 Å². The van der Waals surface area contributed by atoms with Gasteiger partial charge in [0.15, 0.2) is 0 Å². The van der Waals surface area contributed by atoms with Crippen molar-refractivity contribution in [2.45, 2.75) is 10.6 Å². The van der Waals surface area contributed by atoms with Crippen molar-refractivity contribution in [3.05, 3.63) is 58.6 Å². The number of ether oxygens (including phenoxy) is 1. The zero-order valence-corrected chi connectivity index (χ0v) is 12.4. The van der Waals surface area contributed by atoms with E-state index in [1.54, 1.807) is 49.6 Å². The third-order valence-corrected chi connectivity index (χ3v) is 4.64. The Labute approximate surface area is 125 Å². The van der Waals surface area contributed by atoms with Gasteiger partial charge in [0.05, 0.1) is 45.2 Å². The minimum Gasteiger partial charge on any atom is -0.496 e. The fourth-order valence-corrected chi connectivity index (χ4v) is 3.38. The normalized spacial score (nSPS) is 11.7. The van der Waals surface area contributed by atoms with E-state index in [0.29, 0.717) is 21.2 Å². The highest BCUT2D eigenvalue weighted by molar-refractivity contribution is 7.84. The number of nitrogens with zero attached hydrogens (tertiary/aromatic N) is 1. The maximum absolute atomic E-state index is 12.4. The maximum Gasteiger partial charge on any atom is 0.123 e. The summed E-state index contributed by atoms with van der Waals surface area (Å²) in [5, 5.41) is 9.41. The third-order valence-electron chi connectivity index (χ3n) is 2.78. The minimum atomic E-state index is -1.29. The second-order valence-electron chi connectivity index (χ2n) is 4.06. The summed E-state index contributed by atoms with van der Waals surface area (Å²) in [4.78, 5) is 0.582. The zero-order chi connectivity index (χ0) is 14.5. The molecule has 0 aliphatic heterocycles. The monoisotopic (exact) mass is 305 g/mol. The standard InChI is InChI=1S/C15H12ClNO2S/c1-19-14-7-6-11(9-17)8-12(14)10-20(18)15-5-3-2-4-13(15)16/h2-8H,10H2,1H3. The summed E-state index contributed by atoms with van der Waals surface area (Å²) in [5.74, 6) is 0.868. The number of methoxy groups -OCH3 is 1. The molecule has 20 heavy (non-hydrogen) atoms. The number of halogens is 1. The molecule has 0 aromatic heterocycles. The number of hydrogen-bond donors (Lipinski definition) is 0. The van der Waals surface area contributed by atoms with Gasteiger partial charge in [-0.15, -0.1) is 0 Å². The lowest BCUT2D eigenvalue weighted by Gasteiger charge is -2.09. The minimum absolute atomic E-state index is 0.252. The van der Waals surface area contributed by atoms with Crippen LogP contribution in [0.4, 0.5) is 0 Å². The molecule has 0 N–H and O–H groups in total. The van der Waals surface area contributed by atoms with Crippen molar-refractivity contribution in [1.29, 1.82) is 5.26 Å². The molecule has 0 aliphatic carbocycles. The van der Waals surface area contributed by atoms with E-state index in [9.17, 15) is 4.21 Å². The molecule has 0 aliphatic rings. The zero-order valence-electron chi connectivity index (χ0n) is 10.8. The topological polar surface area (TPSA) is 50.1 Å². The summed E-state index contributed by atoms with van der Waals surface area (Å²) < 4.78 is 17.6. The highest BCUT2D eigenvalue weighted by Gasteiger charge is 2.12. The molecule has 2 aromatic rings. The SMILES string of the molecule is COc1ccc(C#N)cc1CS(=O)c1ccccc1Cl. The molecular weight excluding hydrogens is 294 g/mol. The first kappa shape index (κ1) is 14.6. The smallest absolute Gasteiger partial charge is 0.123 e. The molecule has 5 heteroatoms. The first-order chi connectivity index (χ1) is 9.65. The van der Waals surface area contributed by atoms with Gasteiger partial charge < -0.3 is 4.74 Å². The Hall–Kier alpha value is -1.83. The van der Waals surface area contributed by atoms with Crippen molar-refractivity contribution in [3.63, 3.8) is 0 Å². The molecule has 0 radical (unpaired) electrons. The fourth-order valence-electron chi connectivity index (χ4n) is 1.81. The molecule has 0 saturated carbocycles. The highest BCUT2D eigenvalue weighted by Crippen LogP contribution is 2.26. The van der Waals surface area contributed by atoms with E-state index >= 15 is 0 Å². The van der Waals surface area contributed by atoms with E-state index in [-0.39, 0.29) is 5.75 Å². The molecule has 0 bridgehead atoms. The van der Waals surface area contributed by atoms with Gasteiger partial charge in [0.2, 0.25) is 0 Å². The lowest BCUT2D eigenvalue weighted by Crippen LogP contribution is -2.00. The van der Waals surface area contributed by atoms with Crippen LogP contribution in [-0.2, 0) is 16.6 Å². The molecule has 1 atom stereocenters. The van der Waals surface area contributed by atoms with Crippen molar-refractivity contribution in [1.82, 2.24) is 0 Å². The predicted octanol–water partition coefficient (Wildman–Crippen LogP) is 3.53. The molecule has 2 aromatic carbocycles. The van der Waals surface area contributed by atoms with E-state index in [0.717, 1.165) is 5.56 Å². The van der Waals surface area contributed by atoms with Crippen LogP contribution >= 0.6 is 11.6 Å². The van der Waals surface area contributed by atoms with E-state index in [1.165, 1.54) is 0 Å². The first-order valence-electron chi connectivity index (χ1n) is 5.85. The second-order valence-corrected chi connectivity index (χ2v) is 5.89. The fraction of sp³-hybridized carbons (Fsp3) is 0.133. The van der Waals surface area contributed by atoms with Crippen LogP contribution in [0.3, 0.4) is 0 Å². The molecule has 0 spiro atoms. The maximum atomic E-state index is 12.4. The average Bonchev–Trinajstić information content (AvgIpc) is 2.47. The Morgan fingerprint density at radius 2 is 2.05 bits per heavy atom. The van der Waals surface area contributed by atoms with Gasteiger partial charge in [-0.3, -0.25) is 4.21 Å². The van der Waals surface area contributed by atoms with Crippen LogP contribution in [0.15, 0.2) is 47.4 Å². The van der Waals surface area contributed by atoms with Crippen LogP contribution in [0.1, 0.15) is 11.1 Å². The molecule has 3 nitrogen and oxygen atoms in total. The van der Waals surface area contributed by atoms with Gasteiger partial charge in [0, 0.05) is 5.56 Å².